The molecular weight excluding hydrogens is 162 g/mol. The van der Waals surface area contributed by atoms with Crippen LogP contribution >= 0.6 is 0 Å². The van der Waals surface area contributed by atoms with Gasteiger partial charge in [0.1, 0.15) is 0 Å². The molecule has 11 heavy (non-hydrogen) atoms. The Morgan fingerprint density at radius 3 is 2.18 bits per heavy atom. The lowest BCUT2D eigenvalue weighted by Crippen LogP contribution is -2.15. The Hall–Kier alpha value is -0.770. The largest absolute Gasteiger partial charge is 0.253 e. The van der Waals surface area contributed by atoms with Gasteiger partial charge in [-0.1, -0.05) is 0 Å². The molecule has 1 aromatic heterocycles. The Kier molecular flexibility index (Phi) is 1.32. The predicted octanol–water partition coefficient (Wildman–Crippen LogP) is 0.828. The summed E-state index contributed by atoms with van der Waals surface area (Å²) in [5.41, 5.74) is 0. The van der Waals surface area contributed by atoms with E-state index in [1.165, 1.54) is 3.97 Å². The van der Waals surface area contributed by atoms with Crippen molar-refractivity contribution in [1.82, 2.24) is 3.97 Å². The first-order valence-electron chi connectivity index (χ1n) is 3.58. The average molecular weight is 171 g/mol. The molecule has 0 amide bonds. The summed E-state index contributed by atoms with van der Waals surface area (Å²) in [6.45, 7) is 0. The summed E-state index contributed by atoms with van der Waals surface area (Å²) in [4.78, 5) is 0. The molecule has 1 aliphatic carbocycles. The van der Waals surface area contributed by atoms with Crippen molar-refractivity contribution >= 4 is 10.0 Å². The Morgan fingerprint density at radius 2 is 1.73 bits per heavy atom. The molecule has 0 unspecified atom stereocenters. The minimum atomic E-state index is -3.01. The average Bonchev–Trinajstić information content (AvgIpc) is 2.66. The summed E-state index contributed by atoms with van der Waals surface area (Å²) in [6, 6.07) is 3.44. The quantitative estimate of drug-likeness (QED) is 0.661. The number of aromatic nitrogens is 1. The highest BCUT2D eigenvalue weighted by atomic mass is 32.2. The highest BCUT2D eigenvalue weighted by Gasteiger charge is 2.36. The summed E-state index contributed by atoms with van der Waals surface area (Å²) in [5.74, 6) is 0. The van der Waals surface area contributed by atoms with Gasteiger partial charge >= 0.3 is 0 Å². The lowest BCUT2D eigenvalue weighted by molar-refractivity contribution is 0.586. The first kappa shape index (κ1) is 6.91. The van der Waals surface area contributed by atoms with Gasteiger partial charge in [-0.2, -0.15) is 0 Å². The Balaban J connectivity index is 2.42. The lowest BCUT2D eigenvalue weighted by Gasteiger charge is -2.01. The second-order valence-corrected chi connectivity index (χ2v) is 4.88. The zero-order valence-corrected chi connectivity index (χ0v) is 6.79. The minimum Gasteiger partial charge on any atom is -0.253 e. The van der Waals surface area contributed by atoms with E-state index in [1.807, 2.05) is 0 Å². The number of hydrogen-bond donors (Lipinski definition) is 0. The van der Waals surface area contributed by atoms with E-state index < -0.39 is 10.0 Å². The van der Waals surface area contributed by atoms with E-state index in [-0.39, 0.29) is 5.25 Å². The van der Waals surface area contributed by atoms with E-state index in [0.29, 0.717) is 0 Å². The van der Waals surface area contributed by atoms with Crippen LogP contribution in [0.15, 0.2) is 24.5 Å². The zero-order chi connectivity index (χ0) is 7.90. The SMILES string of the molecule is O=S(=O)(C1CC1)n1cccc1. The van der Waals surface area contributed by atoms with Crippen LogP contribution in [0, 0.1) is 0 Å². The second kappa shape index (κ2) is 2.11. The molecule has 2 rings (SSSR count). The monoisotopic (exact) mass is 171 g/mol. The molecule has 0 bridgehead atoms. The van der Waals surface area contributed by atoms with Gasteiger partial charge in [0.25, 0.3) is 0 Å². The topological polar surface area (TPSA) is 39.1 Å². The highest BCUT2D eigenvalue weighted by molar-refractivity contribution is 7.90. The van der Waals surface area contributed by atoms with Crippen LogP contribution in [0.1, 0.15) is 12.8 Å². The van der Waals surface area contributed by atoms with E-state index >= 15 is 0 Å². The van der Waals surface area contributed by atoms with Crippen LogP contribution in [0.25, 0.3) is 0 Å². The fourth-order valence-corrected chi connectivity index (χ4v) is 2.58. The van der Waals surface area contributed by atoms with Crippen molar-refractivity contribution in [1.29, 1.82) is 0 Å². The lowest BCUT2D eigenvalue weighted by atomic mass is 10.7. The summed E-state index contributed by atoms with van der Waals surface area (Å²) < 4.78 is 24.1. The molecule has 0 saturated heterocycles. The summed E-state index contributed by atoms with van der Waals surface area (Å²) in [6.07, 6.45) is 4.79. The van der Waals surface area contributed by atoms with Crippen molar-refractivity contribution in [3.63, 3.8) is 0 Å². The number of nitrogens with zero attached hydrogens (tertiary/aromatic N) is 1. The maximum absolute atomic E-state index is 11.4. The molecule has 0 aliphatic heterocycles. The van der Waals surface area contributed by atoms with E-state index in [4.69, 9.17) is 0 Å². The van der Waals surface area contributed by atoms with E-state index in [2.05, 4.69) is 0 Å². The third kappa shape index (κ3) is 1.07. The number of hydrogen-bond acceptors (Lipinski definition) is 2. The zero-order valence-electron chi connectivity index (χ0n) is 5.97. The van der Waals surface area contributed by atoms with E-state index in [1.54, 1.807) is 24.5 Å². The Labute approximate surface area is 65.7 Å². The molecular formula is C7H9NO2S. The van der Waals surface area contributed by atoms with Gasteiger partial charge < -0.3 is 0 Å². The third-order valence-electron chi connectivity index (χ3n) is 1.82. The first-order valence-corrected chi connectivity index (χ1v) is 5.09. The molecule has 60 valence electrons. The minimum absolute atomic E-state index is 0.116. The molecule has 0 N–H and O–H groups in total. The third-order valence-corrected chi connectivity index (χ3v) is 3.96. The maximum Gasteiger partial charge on any atom is 0.241 e. The first-order chi connectivity index (χ1) is 5.21. The normalized spacial score (nSPS) is 18.5. The van der Waals surface area contributed by atoms with Crippen LogP contribution in [-0.4, -0.2) is 17.6 Å². The Bertz CT molecular complexity index is 335. The summed E-state index contributed by atoms with van der Waals surface area (Å²) in [7, 11) is -3.01. The standard InChI is InChI=1S/C7H9NO2S/c9-11(10,7-3-4-7)8-5-1-2-6-8/h1-2,5-7H,3-4H2. The molecule has 4 heteroatoms. The van der Waals surface area contributed by atoms with Gasteiger partial charge in [-0.05, 0) is 25.0 Å². The van der Waals surface area contributed by atoms with Gasteiger partial charge in [0.05, 0.1) is 5.25 Å². The second-order valence-electron chi connectivity index (χ2n) is 2.76. The predicted molar refractivity (Wildman–Crippen MR) is 41.8 cm³/mol. The van der Waals surface area contributed by atoms with Gasteiger partial charge in [-0.25, -0.2) is 8.42 Å². The number of rotatable bonds is 2. The maximum atomic E-state index is 11.4. The molecule has 1 heterocycles. The molecule has 1 aliphatic rings. The van der Waals surface area contributed by atoms with Gasteiger partial charge in [0.15, 0.2) is 0 Å². The van der Waals surface area contributed by atoms with Gasteiger partial charge in [0, 0.05) is 12.4 Å². The van der Waals surface area contributed by atoms with Crippen LogP contribution < -0.4 is 0 Å². The highest BCUT2D eigenvalue weighted by Crippen LogP contribution is 2.29. The molecule has 3 nitrogen and oxygen atoms in total. The van der Waals surface area contributed by atoms with Gasteiger partial charge in [-0.15, -0.1) is 0 Å². The van der Waals surface area contributed by atoms with Gasteiger partial charge in [-0.3, -0.25) is 3.97 Å². The van der Waals surface area contributed by atoms with E-state index in [0.717, 1.165) is 12.8 Å². The van der Waals surface area contributed by atoms with Crippen molar-refractivity contribution in [3.8, 4) is 0 Å². The fraction of sp³-hybridized carbons (Fsp3) is 0.429. The van der Waals surface area contributed by atoms with Crippen LogP contribution in [0.3, 0.4) is 0 Å². The van der Waals surface area contributed by atoms with Crippen LogP contribution in [0.5, 0.6) is 0 Å². The summed E-state index contributed by atoms with van der Waals surface area (Å²) >= 11 is 0. The smallest absolute Gasteiger partial charge is 0.241 e. The van der Waals surface area contributed by atoms with Crippen LogP contribution in [0.2, 0.25) is 0 Å². The molecule has 0 spiro atoms. The summed E-state index contributed by atoms with van der Waals surface area (Å²) in [5, 5.41) is -0.116. The molecule has 0 atom stereocenters. The van der Waals surface area contributed by atoms with Crippen LogP contribution in [0.4, 0.5) is 0 Å². The van der Waals surface area contributed by atoms with E-state index in [9.17, 15) is 8.42 Å². The Morgan fingerprint density at radius 1 is 1.18 bits per heavy atom. The van der Waals surface area contributed by atoms with Gasteiger partial charge in [0.2, 0.25) is 10.0 Å². The van der Waals surface area contributed by atoms with Crippen LogP contribution in [-0.2, 0) is 10.0 Å². The molecule has 1 saturated carbocycles. The van der Waals surface area contributed by atoms with Crippen molar-refractivity contribution in [2.75, 3.05) is 0 Å². The molecule has 1 fully saturated rings. The van der Waals surface area contributed by atoms with Crippen molar-refractivity contribution in [3.05, 3.63) is 24.5 Å². The molecule has 0 radical (unpaired) electrons. The van der Waals surface area contributed by atoms with Crippen molar-refractivity contribution in [2.24, 2.45) is 0 Å². The molecule has 0 aromatic carbocycles. The fourth-order valence-electron chi connectivity index (χ4n) is 1.03. The molecule has 1 aromatic rings. The van der Waals surface area contributed by atoms with Crippen molar-refractivity contribution < 1.29 is 8.42 Å². The van der Waals surface area contributed by atoms with Crippen molar-refractivity contribution in [2.45, 2.75) is 18.1 Å².